The Kier molecular flexibility index (Phi) is 6.36. The summed E-state index contributed by atoms with van der Waals surface area (Å²) in [7, 11) is 2.15. The quantitative estimate of drug-likeness (QED) is 0.872. The monoisotopic (exact) mass is 322 g/mol. The fourth-order valence-corrected chi connectivity index (χ4v) is 3.76. The molecule has 0 spiro atoms. The van der Waals surface area contributed by atoms with Crippen LogP contribution in [0, 0.1) is 6.92 Å². The molecule has 0 saturated carbocycles. The highest BCUT2D eigenvalue weighted by Gasteiger charge is 2.18. The molecule has 0 radical (unpaired) electrons. The molecule has 1 unspecified atom stereocenters. The van der Waals surface area contributed by atoms with Crippen molar-refractivity contribution < 1.29 is 0 Å². The van der Waals surface area contributed by atoms with E-state index in [2.05, 4.69) is 47.1 Å². The summed E-state index contributed by atoms with van der Waals surface area (Å²) in [4.78, 5) is 5.02. The SMILES string of the molecule is CSCCN(C)C(CN)c1cc(Br)c(C)s1. The molecular formula is C11H19BrN2S2. The number of thioether (sulfide) groups is 1. The molecule has 5 heteroatoms. The first-order chi connectivity index (χ1) is 7.60. The van der Waals surface area contributed by atoms with Crippen molar-refractivity contribution in [2.24, 2.45) is 5.73 Å². The number of halogens is 1. The molecule has 1 aromatic heterocycles. The van der Waals surface area contributed by atoms with E-state index in [0.717, 1.165) is 12.3 Å². The lowest BCUT2D eigenvalue weighted by Gasteiger charge is -2.25. The van der Waals surface area contributed by atoms with Gasteiger partial charge in [-0.15, -0.1) is 11.3 Å². The highest BCUT2D eigenvalue weighted by molar-refractivity contribution is 9.10. The van der Waals surface area contributed by atoms with Crippen LogP contribution in [0.15, 0.2) is 10.5 Å². The second kappa shape index (κ2) is 7.01. The number of thiophene rings is 1. The Morgan fingerprint density at radius 3 is 2.75 bits per heavy atom. The van der Waals surface area contributed by atoms with Gasteiger partial charge in [-0.3, -0.25) is 4.90 Å². The summed E-state index contributed by atoms with van der Waals surface area (Å²) in [5.41, 5.74) is 5.88. The van der Waals surface area contributed by atoms with Gasteiger partial charge in [-0.2, -0.15) is 11.8 Å². The molecule has 0 fully saturated rings. The van der Waals surface area contributed by atoms with Gasteiger partial charge >= 0.3 is 0 Å². The van der Waals surface area contributed by atoms with Crippen molar-refractivity contribution in [1.29, 1.82) is 0 Å². The third kappa shape index (κ3) is 3.74. The molecule has 0 aliphatic carbocycles. The normalized spacial score (nSPS) is 13.4. The van der Waals surface area contributed by atoms with Gasteiger partial charge in [0.25, 0.3) is 0 Å². The first-order valence-corrected chi connectivity index (χ1v) is 8.25. The summed E-state index contributed by atoms with van der Waals surface area (Å²) in [5, 5.41) is 0. The Balaban J connectivity index is 2.73. The number of nitrogens with zero attached hydrogens (tertiary/aromatic N) is 1. The molecule has 1 aromatic rings. The smallest absolute Gasteiger partial charge is 0.0562 e. The largest absolute Gasteiger partial charge is 0.329 e. The molecule has 0 aliphatic rings. The standard InChI is InChI=1S/C11H19BrN2S2/c1-8-9(12)6-11(16-8)10(7-13)14(2)4-5-15-3/h6,10H,4-5,7,13H2,1-3H3. The van der Waals surface area contributed by atoms with Crippen molar-refractivity contribution in [2.45, 2.75) is 13.0 Å². The summed E-state index contributed by atoms with van der Waals surface area (Å²) in [6, 6.07) is 2.55. The minimum absolute atomic E-state index is 0.349. The summed E-state index contributed by atoms with van der Waals surface area (Å²) >= 11 is 7.27. The van der Waals surface area contributed by atoms with Crippen molar-refractivity contribution >= 4 is 39.0 Å². The molecule has 16 heavy (non-hydrogen) atoms. The lowest BCUT2D eigenvalue weighted by Crippen LogP contribution is -2.31. The predicted molar refractivity (Wildman–Crippen MR) is 79.6 cm³/mol. The third-order valence-corrected chi connectivity index (χ3v) is 5.44. The second-order valence-electron chi connectivity index (χ2n) is 3.78. The van der Waals surface area contributed by atoms with Crippen LogP contribution in [-0.4, -0.2) is 37.0 Å². The van der Waals surface area contributed by atoms with E-state index in [1.807, 2.05) is 23.1 Å². The molecule has 0 saturated heterocycles. The van der Waals surface area contributed by atoms with Crippen molar-refractivity contribution in [2.75, 3.05) is 32.1 Å². The summed E-state index contributed by atoms with van der Waals surface area (Å²) < 4.78 is 1.20. The molecule has 0 bridgehead atoms. The maximum absolute atomic E-state index is 5.88. The van der Waals surface area contributed by atoms with E-state index < -0.39 is 0 Å². The average molecular weight is 323 g/mol. The highest BCUT2D eigenvalue weighted by atomic mass is 79.9. The fourth-order valence-electron chi connectivity index (χ4n) is 1.55. The fraction of sp³-hybridized carbons (Fsp3) is 0.636. The van der Waals surface area contributed by atoms with Gasteiger partial charge in [0.1, 0.15) is 0 Å². The van der Waals surface area contributed by atoms with E-state index in [1.165, 1.54) is 14.2 Å². The zero-order valence-corrected chi connectivity index (χ0v) is 13.2. The molecule has 2 N–H and O–H groups in total. The maximum Gasteiger partial charge on any atom is 0.0562 e. The summed E-state index contributed by atoms with van der Waals surface area (Å²) in [6.45, 7) is 3.89. The minimum Gasteiger partial charge on any atom is -0.329 e. The lowest BCUT2D eigenvalue weighted by atomic mass is 10.2. The van der Waals surface area contributed by atoms with E-state index in [-0.39, 0.29) is 0 Å². The maximum atomic E-state index is 5.88. The van der Waals surface area contributed by atoms with Gasteiger partial charge in [0.05, 0.1) is 6.04 Å². The van der Waals surface area contributed by atoms with Crippen LogP contribution in [0.25, 0.3) is 0 Å². The lowest BCUT2D eigenvalue weighted by molar-refractivity contribution is 0.269. The first-order valence-electron chi connectivity index (χ1n) is 5.25. The summed E-state index contributed by atoms with van der Waals surface area (Å²) in [6.07, 6.45) is 2.14. The minimum atomic E-state index is 0.349. The molecule has 92 valence electrons. The van der Waals surface area contributed by atoms with Gasteiger partial charge in [-0.1, -0.05) is 0 Å². The van der Waals surface area contributed by atoms with Crippen LogP contribution in [0.3, 0.4) is 0 Å². The number of nitrogens with two attached hydrogens (primary N) is 1. The number of hydrogen-bond acceptors (Lipinski definition) is 4. The Morgan fingerprint density at radius 2 is 2.31 bits per heavy atom. The summed E-state index contributed by atoms with van der Waals surface area (Å²) in [5.74, 6) is 1.15. The van der Waals surface area contributed by atoms with Crippen LogP contribution in [0.2, 0.25) is 0 Å². The Bertz CT molecular complexity index is 308. The number of hydrogen-bond donors (Lipinski definition) is 1. The van der Waals surface area contributed by atoms with Crippen LogP contribution < -0.4 is 5.73 Å². The number of aryl methyl sites for hydroxylation is 1. The molecule has 1 rings (SSSR count). The van der Waals surface area contributed by atoms with Gasteiger partial charge in [-0.05, 0) is 42.2 Å². The van der Waals surface area contributed by atoms with E-state index >= 15 is 0 Å². The van der Waals surface area contributed by atoms with Gasteiger partial charge in [0.15, 0.2) is 0 Å². The topological polar surface area (TPSA) is 29.3 Å². The van der Waals surface area contributed by atoms with Crippen LogP contribution in [0.1, 0.15) is 15.8 Å². The Morgan fingerprint density at radius 1 is 1.62 bits per heavy atom. The van der Waals surface area contributed by atoms with Gasteiger partial charge in [0, 0.05) is 33.1 Å². The molecule has 0 aromatic carbocycles. The Hall–Kier alpha value is 0.450. The van der Waals surface area contributed by atoms with Gasteiger partial charge in [-0.25, -0.2) is 0 Å². The van der Waals surface area contributed by atoms with Crippen LogP contribution >= 0.6 is 39.0 Å². The second-order valence-corrected chi connectivity index (χ2v) is 6.91. The van der Waals surface area contributed by atoms with Gasteiger partial charge in [0.2, 0.25) is 0 Å². The molecule has 0 aliphatic heterocycles. The van der Waals surface area contributed by atoms with Crippen molar-refractivity contribution in [3.8, 4) is 0 Å². The zero-order valence-electron chi connectivity index (χ0n) is 10.00. The Labute approximate surface area is 115 Å². The average Bonchev–Trinajstić information content (AvgIpc) is 2.57. The van der Waals surface area contributed by atoms with Crippen molar-refractivity contribution in [3.63, 3.8) is 0 Å². The molecule has 1 atom stereocenters. The van der Waals surface area contributed by atoms with Crippen molar-refractivity contribution in [3.05, 3.63) is 20.3 Å². The van der Waals surface area contributed by atoms with Crippen LogP contribution in [-0.2, 0) is 0 Å². The van der Waals surface area contributed by atoms with E-state index in [1.54, 1.807) is 0 Å². The van der Waals surface area contributed by atoms with E-state index in [0.29, 0.717) is 12.6 Å². The van der Waals surface area contributed by atoms with Gasteiger partial charge < -0.3 is 5.73 Å². The zero-order chi connectivity index (χ0) is 12.1. The van der Waals surface area contributed by atoms with E-state index in [4.69, 9.17) is 5.73 Å². The predicted octanol–water partition coefficient (Wildman–Crippen LogP) is 3.11. The highest BCUT2D eigenvalue weighted by Crippen LogP contribution is 2.32. The van der Waals surface area contributed by atoms with Crippen LogP contribution in [0.5, 0.6) is 0 Å². The van der Waals surface area contributed by atoms with E-state index in [9.17, 15) is 0 Å². The van der Waals surface area contributed by atoms with Crippen LogP contribution in [0.4, 0.5) is 0 Å². The molecule has 0 amide bonds. The number of likely N-dealkylation sites (N-methyl/N-ethyl adjacent to an activating group) is 1. The molecule has 2 nitrogen and oxygen atoms in total. The molecular weight excluding hydrogens is 304 g/mol. The first kappa shape index (κ1) is 14.5. The number of rotatable bonds is 6. The molecule has 1 heterocycles. The third-order valence-electron chi connectivity index (χ3n) is 2.61. The van der Waals surface area contributed by atoms with Crippen molar-refractivity contribution in [1.82, 2.24) is 4.90 Å².